The molecule has 0 unspecified atom stereocenters. The molecule has 20 heavy (non-hydrogen) atoms. The van der Waals surface area contributed by atoms with Crippen LogP contribution >= 0.6 is 11.6 Å². The molecule has 0 aromatic heterocycles. The average molecular weight is 314 g/mol. The third-order valence-corrected chi connectivity index (χ3v) is 6.80. The third kappa shape index (κ3) is 2.61. The predicted octanol–water partition coefficient (Wildman–Crippen LogP) is 3.68. The van der Waals surface area contributed by atoms with Crippen molar-refractivity contribution in [1.29, 1.82) is 0 Å². The van der Waals surface area contributed by atoms with E-state index in [4.69, 9.17) is 11.6 Å². The Balaban J connectivity index is 1.91. The van der Waals surface area contributed by atoms with E-state index in [-0.39, 0.29) is 6.04 Å². The van der Waals surface area contributed by atoms with E-state index in [1.807, 2.05) is 0 Å². The van der Waals surface area contributed by atoms with Gasteiger partial charge < -0.3 is 0 Å². The van der Waals surface area contributed by atoms with Crippen molar-refractivity contribution < 1.29 is 8.42 Å². The van der Waals surface area contributed by atoms with E-state index < -0.39 is 10.0 Å². The van der Waals surface area contributed by atoms with Crippen molar-refractivity contribution in [2.24, 2.45) is 5.92 Å². The largest absolute Gasteiger partial charge is 0.243 e. The summed E-state index contributed by atoms with van der Waals surface area (Å²) in [5.41, 5.74) is 0. The lowest BCUT2D eigenvalue weighted by Crippen LogP contribution is -2.49. The summed E-state index contributed by atoms with van der Waals surface area (Å²) in [5, 5.41) is 0.568. The Kier molecular flexibility index (Phi) is 4.07. The van der Waals surface area contributed by atoms with Gasteiger partial charge in [-0.25, -0.2) is 8.42 Å². The van der Waals surface area contributed by atoms with Gasteiger partial charge in [0.05, 0.1) is 4.90 Å². The summed E-state index contributed by atoms with van der Waals surface area (Å²) in [5.74, 6) is 0.555. The summed E-state index contributed by atoms with van der Waals surface area (Å²) in [6.45, 7) is 0.659. The maximum absolute atomic E-state index is 12.8. The molecule has 2 fully saturated rings. The average Bonchev–Trinajstić information content (AvgIpc) is 2.47. The highest BCUT2D eigenvalue weighted by atomic mass is 35.5. The van der Waals surface area contributed by atoms with Gasteiger partial charge in [-0.2, -0.15) is 4.31 Å². The van der Waals surface area contributed by atoms with Gasteiger partial charge in [0.2, 0.25) is 10.0 Å². The van der Waals surface area contributed by atoms with Crippen LogP contribution in [0.3, 0.4) is 0 Å². The molecule has 3 rings (SSSR count). The van der Waals surface area contributed by atoms with Crippen LogP contribution < -0.4 is 0 Å². The number of rotatable bonds is 2. The fraction of sp³-hybridized carbons (Fsp3) is 0.600. The third-order valence-electron chi connectivity index (χ3n) is 4.61. The van der Waals surface area contributed by atoms with Crippen molar-refractivity contribution in [1.82, 2.24) is 4.31 Å². The minimum atomic E-state index is -3.37. The number of hydrogen-bond acceptors (Lipinski definition) is 2. The lowest BCUT2D eigenvalue weighted by Gasteiger charge is -2.43. The van der Waals surface area contributed by atoms with Crippen LogP contribution in [0.25, 0.3) is 0 Å². The standard InChI is InChI=1S/C15H20ClNO2S/c16-13-7-9-14(10-8-13)20(18,19)17-11-3-5-12-4-1-2-6-15(12)17/h7-10,12,15H,1-6,11H2/t12-,15-/m0/s1. The van der Waals surface area contributed by atoms with Crippen LogP contribution in [0.1, 0.15) is 38.5 Å². The topological polar surface area (TPSA) is 37.4 Å². The van der Waals surface area contributed by atoms with E-state index in [2.05, 4.69) is 0 Å². The van der Waals surface area contributed by atoms with Gasteiger partial charge in [0.1, 0.15) is 0 Å². The van der Waals surface area contributed by atoms with Gasteiger partial charge in [-0.1, -0.05) is 24.4 Å². The first-order valence-electron chi connectivity index (χ1n) is 7.36. The van der Waals surface area contributed by atoms with Gasteiger partial charge in [-0.05, 0) is 55.9 Å². The molecule has 2 aliphatic rings. The van der Waals surface area contributed by atoms with Gasteiger partial charge in [0, 0.05) is 17.6 Å². The summed E-state index contributed by atoms with van der Waals surface area (Å²) in [7, 11) is -3.37. The van der Waals surface area contributed by atoms with E-state index in [9.17, 15) is 8.42 Å². The van der Waals surface area contributed by atoms with E-state index in [1.54, 1.807) is 28.6 Å². The molecule has 0 amide bonds. The number of piperidine rings is 1. The molecule has 1 heterocycles. The number of benzene rings is 1. The molecule has 0 radical (unpaired) electrons. The van der Waals surface area contributed by atoms with Crippen LogP contribution in [-0.4, -0.2) is 25.3 Å². The van der Waals surface area contributed by atoms with Crippen molar-refractivity contribution in [3.63, 3.8) is 0 Å². The second-order valence-corrected chi connectivity index (χ2v) is 8.15. The zero-order valence-electron chi connectivity index (χ0n) is 11.5. The Labute approximate surface area is 126 Å². The first-order valence-corrected chi connectivity index (χ1v) is 9.18. The number of halogens is 1. The molecule has 1 saturated carbocycles. The van der Waals surface area contributed by atoms with Crippen LogP contribution in [0.4, 0.5) is 0 Å². The van der Waals surface area contributed by atoms with Crippen LogP contribution in [0.2, 0.25) is 5.02 Å². The summed E-state index contributed by atoms with van der Waals surface area (Å²) >= 11 is 5.85. The second kappa shape index (κ2) is 5.66. The zero-order valence-corrected chi connectivity index (χ0v) is 13.0. The molecule has 0 spiro atoms. The highest BCUT2D eigenvalue weighted by Crippen LogP contribution is 2.38. The van der Waals surface area contributed by atoms with E-state index in [0.29, 0.717) is 22.4 Å². The molecule has 110 valence electrons. The molecule has 1 aliphatic carbocycles. The van der Waals surface area contributed by atoms with Crippen molar-refractivity contribution in [2.45, 2.75) is 49.5 Å². The first kappa shape index (κ1) is 14.4. The maximum Gasteiger partial charge on any atom is 0.243 e. The Hall–Kier alpha value is -0.580. The van der Waals surface area contributed by atoms with Crippen molar-refractivity contribution in [3.8, 4) is 0 Å². The molecular formula is C15H20ClNO2S. The van der Waals surface area contributed by atoms with Crippen LogP contribution in [0.5, 0.6) is 0 Å². The minimum Gasteiger partial charge on any atom is -0.207 e. The van der Waals surface area contributed by atoms with Gasteiger partial charge in [0.25, 0.3) is 0 Å². The van der Waals surface area contributed by atoms with Crippen LogP contribution in [0.15, 0.2) is 29.2 Å². The van der Waals surface area contributed by atoms with Gasteiger partial charge >= 0.3 is 0 Å². The molecule has 2 atom stereocenters. The van der Waals surface area contributed by atoms with Gasteiger partial charge in [-0.15, -0.1) is 0 Å². The zero-order chi connectivity index (χ0) is 14.2. The number of hydrogen-bond donors (Lipinski definition) is 0. The summed E-state index contributed by atoms with van der Waals surface area (Å²) in [6, 6.07) is 6.74. The Morgan fingerprint density at radius 2 is 1.65 bits per heavy atom. The van der Waals surface area contributed by atoms with Gasteiger partial charge in [-0.3, -0.25) is 0 Å². The fourth-order valence-electron chi connectivity index (χ4n) is 3.62. The molecule has 1 saturated heterocycles. The second-order valence-electron chi connectivity index (χ2n) is 5.82. The summed E-state index contributed by atoms with van der Waals surface area (Å²) < 4.78 is 27.4. The smallest absolute Gasteiger partial charge is 0.207 e. The molecular weight excluding hydrogens is 294 g/mol. The van der Waals surface area contributed by atoms with Crippen molar-refractivity contribution >= 4 is 21.6 Å². The number of sulfonamides is 1. The van der Waals surface area contributed by atoms with E-state index >= 15 is 0 Å². The van der Waals surface area contributed by atoms with Crippen LogP contribution in [-0.2, 0) is 10.0 Å². The Bertz CT molecular complexity index is 568. The summed E-state index contributed by atoms with van der Waals surface area (Å²) in [4.78, 5) is 0.369. The fourth-order valence-corrected chi connectivity index (χ4v) is 5.50. The highest BCUT2D eigenvalue weighted by Gasteiger charge is 2.39. The van der Waals surface area contributed by atoms with E-state index in [0.717, 1.165) is 19.3 Å². The number of fused-ring (bicyclic) bond motifs is 1. The lowest BCUT2D eigenvalue weighted by atomic mass is 9.79. The normalized spacial score (nSPS) is 28.1. The quantitative estimate of drug-likeness (QED) is 0.835. The molecule has 0 N–H and O–H groups in total. The predicted molar refractivity (Wildman–Crippen MR) is 80.3 cm³/mol. The molecule has 1 aromatic rings. The molecule has 1 aromatic carbocycles. The van der Waals surface area contributed by atoms with E-state index in [1.165, 1.54) is 19.3 Å². The SMILES string of the molecule is O=S(=O)(c1ccc(Cl)cc1)N1CCC[C@@H]2CCCC[C@@H]21. The van der Waals surface area contributed by atoms with Crippen molar-refractivity contribution in [2.75, 3.05) is 6.54 Å². The monoisotopic (exact) mass is 313 g/mol. The Morgan fingerprint density at radius 3 is 2.40 bits per heavy atom. The minimum absolute atomic E-state index is 0.207. The highest BCUT2D eigenvalue weighted by molar-refractivity contribution is 7.89. The summed E-state index contributed by atoms with van der Waals surface area (Å²) in [6.07, 6.45) is 6.74. The van der Waals surface area contributed by atoms with Crippen LogP contribution in [0, 0.1) is 5.92 Å². The molecule has 1 aliphatic heterocycles. The maximum atomic E-state index is 12.8. The lowest BCUT2D eigenvalue weighted by molar-refractivity contribution is 0.129. The number of nitrogens with zero attached hydrogens (tertiary/aromatic N) is 1. The van der Waals surface area contributed by atoms with Gasteiger partial charge in [0.15, 0.2) is 0 Å². The first-order chi connectivity index (χ1) is 9.59. The molecule has 5 heteroatoms. The molecule has 0 bridgehead atoms. The Morgan fingerprint density at radius 1 is 1.00 bits per heavy atom. The van der Waals surface area contributed by atoms with Crippen molar-refractivity contribution in [3.05, 3.63) is 29.3 Å². The molecule has 3 nitrogen and oxygen atoms in total.